The molecule has 5 heteroatoms. The highest BCUT2D eigenvalue weighted by atomic mass is 16.7. The van der Waals surface area contributed by atoms with Crippen LogP contribution in [0.4, 0.5) is 0 Å². The molecule has 2 unspecified atom stereocenters. The predicted octanol–water partition coefficient (Wildman–Crippen LogP) is 1.25. The smallest absolute Gasteiger partial charge is 0.163 e. The zero-order valence-electron chi connectivity index (χ0n) is 11.3. The highest BCUT2D eigenvalue weighted by Crippen LogP contribution is 2.30. The van der Waals surface area contributed by atoms with Crippen molar-refractivity contribution in [3.63, 3.8) is 0 Å². The predicted molar refractivity (Wildman–Crippen MR) is 64.5 cm³/mol. The van der Waals surface area contributed by atoms with E-state index in [1.165, 1.54) is 0 Å². The molecule has 102 valence electrons. The van der Waals surface area contributed by atoms with Crippen LogP contribution in [0.25, 0.3) is 0 Å². The molecule has 0 bridgehead atoms. The molecule has 0 amide bonds. The maximum absolute atomic E-state index is 5.86. The van der Waals surface area contributed by atoms with Gasteiger partial charge in [0.15, 0.2) is 12.1 Å². The lowest BCUT2D eigenvalue weighted by atomic mass is 10.0. The van der Waals surface area contributed by atoms with Gasteiger partial charge >= 0.3 is 0 Å². The maximum Gasteiger partial charge on any atom is 0.163 e. The Morgan fingerprint density at radius 3 is 2.35 bits per heavy atom. The SMILES string of the molecule is COC(CC1CC(CCN)OC(C)(C)O1)OC. The van der Waals surface area contributed by atoms with Crippen molar-refractivity contribution in [3.05, 3.63) is 0 Å². The Balaban J connectivity index is 2.53. The first kappa shape index (κ1) is 14.9. The molecule has 17 heavy (non-hydrogen) atoms. The molecular weight excluding hydrogens is 222 g/mol. The molecule has 0 saturated carbocycles. The molecule has 0 aliphatic carbocycles. The molecule has 1 aliphatic heterocycles. The molecule has 0 aromatic rings. The van der Waals surface area contributed by atoms with Gasteiger partial charge in [-0.2, -0.15) is 0 Å². The number of hydrogen-bond donors (Lipinski definition) is 1. The summed E-state index contributed by atoms with van der Waals surface area (Å²) in [4.78, 5) is 0. The van der Waals surface area contributed by atoms with Crippen LogP contribution in [0.5, 0.6) is 0 Å². The van der Waals surface area contributed by atoms with Gasteiger partial charge in [-0.05, 0) is 26.8 Å². The standard InChI is InChI=1S/C12H25NO4/c1-12(2)16-9(5-6-13)7-10(17-12)8-11(14-3)15-4/h9-11H,5-8,13H2,1-4H3. The second kappa shape index (κ2) is 6.66. The summed E-state index contributed by atoms with van der Waals surface area (Å²) in [5, 5.41) is 0. The molecule has 5 nitrogen and oxygen atoms in total. The highest BCUT2D eigenvalue weighted by Gasteiger charge is 2.36. The second-order valence-corrected chi connectivity index (χ2v) is 4.83. The van der Waals surface area contributed by atoms with Crippen LogP contribution in [0.15, 0.2) is 0 Å². The number of hydrogen-bond acceptors (Lipinski definition) is 5. The van der Waals surface area contributed by atoms with Crippen molar-refractivity contribution in [3.8, 4) is 0 Å². The van der Waals surface area contributed by atoms with E-state index in [-0.39, 0.29) is 18.5 Å². The summed E-state index contributed by atoms with van der Waals surface area (Å²) >= 11 is 0. The van der Waals surface area contributed by atoms with Gasteiger partial charge in [0.25, 0.3) is 0 Å². The Hall–Kier alpha value is -0.200. The molecule has 2 atom stereocenters. The van der Waals surface area contributed by atoms with E-state index in [1.54, 1.807) is 14.2 Å². The fourth-order valence-corrected chi connectivity index (χ4v) is 2.23. The van der Waals surface area contributed by atoms with Gasteiger partial charge < -0.3 is 24.7 Å². The monoisotopic (exact) mass is 247 g/mol. The van der Waals surface area contributed by atoms with Crippen molar-refractivity contribution in [2.45, 2.75) is 57.4 Å². The van der Waals surface area contributed by atoms with Crippen LogP contribution in [-0.4, -0.2) is 45.0 Å². The third-order valence-electron chi connectivity index (χ3n) is 2.90. The van der Waals surface area contributed by atoms with Crippen LogP contribution in [-0.2, 0) is 18.9 Å². The summed E-state index contributed by atoms with van der Waals surface area (Å²) in [6.07, 6.45) is 2.41. The Morgan fingerprint density at radius 2 is 1.82 bits per heavy atom. The molecule has 1 heterocycles. The topological polar surface area (TPSA) is 62.9 Å². The summed E-state index contributed by atoms with van der Waals surface area (Å²) < 4.78 is 22.1. The molecule has 0 spiro atoms. The fraction of sp³-hybridized carbons (Fsp3) is 1.00. The molecule has 0 aromatic carbocycles. The van der Waals surface area contributed by atoms with Crippen LogP contribution in [0.3, 0.4) is 0 Å². The number of ether oxygens (including phenoxy) is 4. The third kappa shape index (κ3) is 4.89. The average molecular weight is 247 g/mol. The normalized spacial score (nSPS) is 28.6. The molecular formula is C12H25NO4. The van der Waals surface area contributed by atoms with Crippen molar-refractivity contribution < 1.29 is 18.9 Å². The van der Waals surface area contributed by atoms with E-state index in [9.17, 15) is 0 Å². The van der Waals surface area contributed by atoms with Gasteiger partial charge in [0.2, 0.25) is 0 Å². The quantitative estimate of drug-likeness (QED) is 0.716. The Morgan fingerprint density at radius 1 is 1.24 bits per heavy atom. The van der Waals surface area contributed by atoms with E-state index in [2.05, 4.69) is 0 Å². The lowest BCUT2D eigenvalue weighted by molar-refractivity contribution is -0.308. The van der Waals surface area contributed by atoms with Crippen LogP contribution in [0.2, 0.25) is 0 Å². The van der Waals surface area contributed by atoms with Gasteiger partial charge in [-0.25, -0.2) is 0 Å². The van der Waals surface area contributed by atoms with E-state index in [0.717, 1.165) is 12.8 Å². The zero-order valence-corrected chi connectivity index (χ0v) is 11.3. The summed E-state index contributed by atoms with van der Waals surface area (Å²) in [5.74, 6) is -0.561. The summed E-state index contributed by atoms with van der Waals surface area (Å²) in [7, 11) is 3.27. The first-order valence-electron chi connectivity index (χ1n) is 6.12. The molecule has 0 radical (unpaired) electrons. The van der Waals surface area contributed by atoms with Gasteiger partial charge in [0.1, 0.15) is 0 Å². The minimum absolute atomic E-state index is 0.0835. The zero-order chi connectivity index (χ0) is 12.9. The molecule has 1 fully saturated rings. The lowest BCUT2D eigenvalue weighted by Gasteiger charge is -2.41. The third-order valence-corrected chi connectivity index (χ3v) is 2.90. The number of nitrogens with two attached hydrogens (primary N) is 1. The first-order valence-corrected chi connectivity index (χ1v) is 6.12. The van der Waals surface area contributed by atoms with Crippen molar-refractivity contribution >= 4 is 0 Å². The van der Waals surface area contributed by atoms with Crippen molar-refractivity contribution in [1.29, 1.82) is 0 Å². The first-order chi connectivity index (χ1) is 8.00. The van der Waals surface area contributed by atoms with Gasteiger partial charge in [-0.1, -0.05) is 0 Å². The summed E-state index contributed by atoms with van der Waals surface area (Å²) in [5.41, 5.74) is 5.58. The van der Waals surface area contributed by atoms with Crippen LogP contribution >= 0.6 is 0 Å². The summed E-state index contributed by atoms with van der Waals surface area (Å²) in [6.45, 7) is 4.49. The van der Waals surface area contributed by atoms with Gasteiger partial charge in [-0.3, -0.25) is 0 Å². The van der Waals surface area contributed by atoms with Crippen LogP contribution in [0, 0.1) is 0 Å². The Kier molecular flexibility index (Phi) is 5.82. The van der Waals surface area contributed by atoms with Gasteiger partial charge in [-0.15, -0.1) is 0 Å². The number of methoxy groups -OCH3 is 2. The highest BCUT2D eigenvalue weighted by molar-refractivity contribution is 4.77. The fourth-order valence-electron chi connectivity index (χ4n) is 2.23. The molecule has 1 rings (SSSR count). The van der Waals surface area contributed by atoms with E-state index in [1.807, 2.05) is 13.8 Å². The minimum atomic E-state index is -0.561. The van der Waals surface area contributed by atoms with Crippen molar-refractivity contribution in [1.82, 2.24) is 0 Å². The van der Waals surface area contributed by atoms with E-state index >= 15 is 0 Å². The molecule has 1 saturated heterocycles. The molecule has 0 aromatic heterocycles. The van der Waals surface area contributed by atoms with E-state index in [4.69, 9.17) is 24.7 Å². The van der Waals surface area contributed by atoms with Crippen molar-refractivity contribution in [2.24, 2.45) is 5.73 Å². The number of rotatable bonds is 6. The summed E-state index contributed by atoms with van der Waals surface area (Å²) in [6, 6.07) is 0. The largest absolute Gasteiger partial charge is 0.356 e. The van der Waals surface area contributed by atoms with Gasteiger partial charge in [0, 0.05) is 27.1 Å². The Labute approximate surface area is 104 Å². The van der Waals surface area contributed by atoms with Crippen molar-refractivity contribution in [2.75, 3.05) is 20.8 Å². The molecule has 1 aliphatic rings. The Bertz CT molecular complexity index is 219. The second-order valence-electron chi connectivity index (χ2n) is 4.83. The molecule has 2 N–H and O–H groups in total. The van der Waals surface area contributed by atoms with Gasteiger partial charge in [0.05, 0.1) is 12.2 Å². The maximum atomic E-state index is 5.86. The average Bonchev–Trinajstić information content (AvgIpc) is 2.24. The van der Waals surface area contributed by atoms with E-state index in [0.29, 0.717) is 13.0 Å². The van der Waals surface area contributed by atoms with Crippen LogP contribution < -0.4 is 5.73 Å². The minimum Gasteiger partial charge on any atom is -0.356 e. The lowest BCUT2D eigenvalue weighted by Crippen LogP contribution is -2.46. The van der Waals surface area contributed by atoms with Crippen LogP contribution in [0.1, 0.15) is 33.1 Å². The van der Waals surface area contributed by atoms with E-state index < -0.39 is 5.79 Å².